The number of esters is 1. The minimum absolute atomic E-state index is 0.171. The maximum absolute atomic E-state index is 12.9. The molecule has 6 nitrogen and oxygen atoms in total. The molecule has 1 heterocycles. The lowest BCUT2D eigenvalue weighted by Crippen LogP contribution is -2.33. The third kappa shape index (κ3) is 5.38. The van der Waals surface area contributed by atoms with Gasteiger partial charge in [0.1, 0.15) is 0 Å². The van der Waals surface area contributed by atoms with Crippen LogP contribution in [-0.4, -0.2) is 38.1 Å². The van der Waals surface area contributed by atoms with Gasteiger partial charge in [-0.05, 0) is 68.5 Å². The molecule has 1 N–H and O–H groups in total. The van der Waals surface area contributed by atoms with Gasteiger partial charge in [-0.25, -0.2) is 4.79 Å². The Kier molecular flexibility index (Phi) is 7.45. The first-order valence-electron chi connectivity index (χ1n) is 10.5. The van der Waals surface area contributed by atoms with Gasteiger partial charge in [0.05, 0.1) is 29.4 Å². The number of hydrogen-bond donors (Lipinski definition) is 1. The van der Waals surface area contributed by atoms with Crippen molar-refractivity contribution in [2.75, 3.05) is 31.1 Å². The Morgan fingerprint density at radius 2 is 1.83 bits per heavy atom. The van der Waals surface area contributed by atoms with E-state index < -0.39 is 0 Å². The summed E-state index contributed by atoms with van der Waals surface area (Å²) in [6, 6.07) is 14.7. The van der Waals surface area contributed by atoms with E-state index in [9.17, 15) is 14.9 Å². The summed E-state index contributed by atoms with van der Waals surface area (Å²) in [6.45, 7) is 4.45. The third-order valence-corrected chi connectivity index (χ3v) is 5.23. The molecule has 1 amide bonds. The molecule has 0 bridgehead atoms. The first-order chi connectivity index (χ1) is 14.6. The number of nitrogens with zero attached hydrogens (tertiary/aromatic N) is 2. The van der Waals surface area contributed by atoms with Crippen molar-refractivity contribution in [1.82, 2.24) is 5.32 Å². The SMILES string of the molecule is CCOC(=O)c1ccc(CCNC(=O)c2cc(C#N)ccc2N2CCCCC2)cc1. The van der Waals surface area contributed by atoms with Crippen molar-refractivity contribution < 1.29 is 14.3 Å². The summed E-state index contributed by atoms with van der Waals surface area (Å²) in [7, 11) is 0. The minimum atomic E-state index is -0.333. The van der Waals surface area contributed by atoms with E-state index in [2.05, 4.69) is 16.3 Å². The van der Waals surface area contributed by atoms with Crippen molar-refractivity contribution in [2.45, 2.75) is 32.6 Å². The van der Waals surface area contributed by atoms with Crippen LogP contribution < -0.4 is 10.2 Å². The van der Waals surface area contributed by atoms with Crippen molar-refractivity contribution in [2.24, 2.45) is 0 Å². The Morgan fingerprint density at radius 1 is 1.10 bits per heavy atom. The lowest BCUT2D eigenvalue weighted by atomic mass is 10.0. The van der Waals surface area contributed by atoms with Crippen LogP contribution in [0.15, 0.2) is 42.5 Å². The fourth-order valence-electron chi connectivity index (χ4n) is 3.64. The van der Waals surface area contributed by atoms with Gasteiger partial charge in [-0.15, -0.1) is 0 Å². The van der Waals surface area contributed by atoms with Crippen LogP contribution in [0.25, 0.3) is 0 Å². The number of ether oxygens (including phenoxy) is 1. The first kappa shape index (κ1) is 21.4. The first-order valence-corrected chi connectivity index (χ1v) is 10.5. The molecule has 1 aliphatic rings. The Bertz CT molecular complexity index is 926. The maximum atomic E-state index is 12.9. The number of nitriles is 1. The van der Waals surface area contributed by atoms with Crippen molar-refractivity contribution in [3.05, 3.63) is 64.7 Å². The fourth-order valence-corrected chi connectivity index (χ4v) is 3.64. The molecular formula is C24H27N3O3. The molecule has 1 aliphatic heterocycles. The van der Waals surface area contributed by atoms with Crippen molar-refractivity contribution in [3.63, 3.8) is 0 Å². The number of piperidine rings is 1. The lowest BCUT2D eigenvalue weighted by Gasteiger charge is -2.30. The fraction of sp³-hybridized carbons (Fsp3) is 0.375. The van der Waals surface area contributed by atoms with Gasteiger partial charge in [0.15, 0.2) is 0 Å². The molecule has 0 unspecified atom stereocenters. The van der Waals surface area contributed by atoms with Gasteiger partial charge < -0.3 is 15.0 Å². The molecule has 3 rings (SSSR count). The molecule has 2 aromatic carbocycles. The predicted octanol–water partition coefficient (Wildman–Crippen LogP) is 3.70. The van der Waals surface area contributed by atoms with E-state index in [-0.39, 0.29) is 11.9 Å². The summed E-state index contributed by atoms with van der Waals surface area (Å²) in [4.78, 5) is 26.8. The number of nitrogens with one attached hydrogen (secondary N) is 1. The topological polar surface area (TPSA) is 82.4 Å². The zero-order valence-corrected chi connectivity index (χ0v) is 17.3. The molecule has 2 aromatic rings. The molecule has 1 saturated heterocycles. The smallest absolute Gasteiger partial charge is 0.338 e. The monoisotopic (exact) mass is 405 g/mol. The zero-order valence-electron chi connectivity index (χ0n) is 17.3. The largest absolute Gasteiger partial charge is 0.462 e. The summed E-state index contributed by atoms with van der Waals surface area (Å²) in [6.07, 6.45) is 4.08. The number of carbonyl (C=O) groups is 2. The molecule has 0 radical (unpaired) electrons. The number of amides is 1. The van der Waals surface area contributed by atoms with E-state index in [0.29, 0.717) is 36.3 Å². The molecule has 0 atom stereocenters. The summed E-state index contributed by atoms with van der Waals surface area (Å²) in [5.41, 5.74) is 3.46. The molecule has 1 fully saturated rings. The lowest BCUT2D eigenvalue weighted by molar-refractivity contribution is 0.0526. The van der Waals surface area contributed by atoms with Gasteiger partial charge in [-0.3, -0.25) is 4.79 Å². The molecule has 0 aliphatic carbocycles. The van der Waals surface area contributed by atoms with Gasteiger partial charge in [0.25, 0.3) is 5.91 Å². The summed E-state index contributed by atoms with van der Waals surface area (Å²) in [5.74, 6) is -0.504. The van der Waals surface area contributed by atoms with Crippen molar-refractivity contribution >= 4 is 17.6 Å². The van der Waals surface area contributed by atoms with Gasteiger partial charge in [-0.2, -0.15) is 5.26 Å². The highest BCUT2D eigenvalue weighted by Gasteiger charge is 2.19. The van der Waals surface area contributed by atoms with E-state index >= 15 is 0 Å². The highest BCUT2D eigenvalue weighted by Crippen LogP contribution is 2.25. The minimum Gasteiger partial charge on any atom is -0.462 e. The summed E-state index contributed by atoms with van der Waals surface area (Å²) in [5, 5.41) is 12.2. The second-order valence-corrected chi connectivity index (χ2v) is 7.31. The van der Waals surface area contributed by atoms with Crippen molar-refractivity contribution in [3.8, 4) is 6.07 Å². The zero-order chi connectivity index (χ0) is 21.3. The van der Waals surface area contributed by atoms with Crippen LogP contribution in [0, 0.1) is 11.3 Å². The molecule has 0 saturated carbocycles. The van der Waals surface area contributed by atoms with Crippen LogP contribution in [0.3, 0.4) is 0 Å². The number of rotatable bonds is 7. The average Bonchev–Trinajstić information content (AvgIpc) is 2.79. The molecule has 6 heteroatoms. The van der Waals surface area contributed by atoms with Gasteiger partial charge in [-0.1, -0.05) is 12.1 Å². The van der Waals surface area contributed by atoms with Gasteiger partial charge >= 0.3 is 5.97 Å². The maximum Gasteiger partial charge on any atom is 0.338 e. The highest BCUT2D eigenvalue weighted by atomic mass is 16.5. The molecule has 30 heavy (non-hydrogen) atoms. The second kappa shape index (κ2) is 10.4. The Morgan fingerprint density at radius 3 is 2.50 bits per heavy atom. The summed E-state index contributed by atoms with van der Waals surface area (Å²) >= 11 is 0. The molecule has 0 aromatic heterocycles. The number of hydrogen-bond acceptors (Lipinski definition) is 5. The predicted molar refractivity (Wildman–Crippen MR) is 116 cm³/mol. The molecule has 156 valence electrons. The quantitative estimate of drug-likeness (QED) is 0.710. The van der Waals surface area contributed by atoms with E-state index in [4.69, 9.17) is 4.74 Å². The molecular weight excluding hydrogens is 378 g/mol. The standard InChI is InChI=1S/C24H27N3O3/c1-2-30-24(29)20-9-6-18(7-10-20)12-13-26-23(28)21-16-19(17-25)8-11-22(21)27-14-4-3-5-15-27/h6-11,16H,2-5,12-15H2,1H3,(H,26,28). The van der Waals surface area contributed by atoms with Crippen LogP contribution in [0.5, 0.6) is 0 Å². The van der Waals surface area contributed by atoms with Crippen LogP contribution in [0.4, 0.5) is 5.69 Å². The van der Waals surface area contributed by atoms with Crippen LogP contribution >= 0.6 is 0 Å². The Hall–Kier alpha value is -3.33. The van der Waals surface area contributed by atoms with E-state index in [1.165, 1.54) is 6.42 Å². The second-order valence-electron chi connectivity index (χ2n) is 7.31. The van der Waals surface area contributed by atoms with Gasteiger partial charge in [0.2, 0.25) is 0 Å². The number of anilines is 1. The average molecular weight is 405 g/mol. The van der Waals surface area contributed by atoms with Crippen molar-refractivity contribution in [1.29, 1.82) is 5.26 Å². The van der Waals surface area contributed by atoms with Crippen LogP contribution in [-0.2, 0) is 11.2 Å². The highest BCUT2D eigenvalue weighted by molar-refractivity contribution is 6.00. The number of carbonyl (C=O) groups excluding carboxylic acids is 2. The normalized spacial score (nSPS) is 13.4. The van der Waals surface area contributed by atoms with E-state index in [1.807, 2.05) is 18.2 Å². The third-order valence-electron chi connectivity index (χ3n) is 5.23. The van der Waals surface area contributed by atoms with Gasteiger partial charge in [0, 0.05) is 25.3 Å². The molecule has 0 spiro atoms. The number of benzene rings is 2. The van der Waals surface area contributed by atoms with E-state index in [0.717, 1.165) is 37.2 Å². The van der Waals surface area contributed by atoms with Crippen LogP contribution in [0.2, 0.25) is 0 Å². The van der Waals surface area contributed by atoms with Crippen LogP contribution in [0.1, 0.15) is 58.0 Å². The Balaban J connectivity index is 1.63. The van der Waals surface area contributed by atoms with E-state index in [1.54, 1.807) is 31.2 Å². The summed E-state index contributed by atoms with van der Waals surface area (Å²) < 4.78 is 4.99. The Labute approximate surface area is 177 Å².